The molecule has 0 aromatic carbocycles. The van der Waals surface area contributed by atoms with Gasteiger partial charge in [-0.1, -0.05) is 19.9 Å². The zero-order valence-electron chi connectivity index (χ0n) is 9.19. The minimum absolute atomic E-state index is 0.0320. The molecule has 1 amide bonds. The molecule has 0 saturated heterocycles. The Morgan fingerprint density at radius 3 is 2.80 bits per heavy atom. The number of hydrogen-bond donors (Lipinski definition) is 2. The molecule has 1 rings (SSSR count). The molecular formula is C11H18N2OS. The number of nitrogens with one attached hydrogen (secondary N) is 1. The van der Waals surface area contributed by atoms with Crippen LogP contribution in [0.25, 0.3) is 0 Å². The average molecular weight is 226 g/mol. The lowest BCUT2D eigenvalue weighted by Crippen LogP contribution is -2.32. The van der Waals surface area contributed by atoms with E-state index in [4.69, 9.17) is 5.73 Å². The van der Waals surface area contributed by atoms with Crippen LogP contribution in [-0.4, -0.2) is 12.5 Å². The van der Waals surface area contributed by atoms with Gasteiger partial charge in [-0.25, -0.2) is 0 Å². The highest BCUT2D eigenvalue weighted by atomic mass is 32.1. The molecule has 3 N–H and O–H groups in total. The second kappa shape index (κ2) is 5.88. The highest BCUT2D eigenvalue weighted by Gasteiger charge is 2.18. The minimum Gasteiger partial charge on any atom is -0.348 e. The summed E-state index contributed by atoms with van der Waals surface area (Å²) >= 11 is 1.67. The molecule has 0 aliphatic rings. The molecule has 0 spiro atoms. The Morgan fingerprint density at radius 1 is 1.60 bits per heavy atom. The van der Waals surface area contributed by atoms with Gasteiger partial charge in [0.15, 0.2) is 0 Å². The van der Waals surface area contributed by atoms with Crippen LogP contribution in [0.2, 0.25) is 0 Å². The predicted molar refractivity (Wildman–Crippen MR) is 63.7 cm³/mol. The summed E-state index contributed by atoms with van der Waals surface area (Å²) in [6.45, 7) is 4.61. The van der Waals surface area contributed by atoms with E-state index in [2.05, 4.69) is 25.2 Å². The van der Waals surface area contributed by atoms with E-state index in [0.717, 1.165) is 0 Å². The van der Waals surface area contributed by atoms with Gasteiger partial charge in [0.05, 0.1) is 6.04 Å². The topological polar surface area (TPSA) is 55.1 Å². The zero-order chi connectivity index (χ0) is 11.3. The molecule has 1 heterocycles. The Balaban J connectivity index is 2.64. The Bertz CT molecular complexity index is 296. The fourth-order valence-electron chi connectivity index (χ4n) is 1.41. The summed E-state index contributed by atoms with van der Waals surface area (Å²) in [6, 6.07) is 4.17. The van der Waals surface area contributed by atoms with Crippen molar-refractivity contribution in [1.29, 1.82) is 0 Å². The van der Waals surface area contributed by atoms with Gasteiger partial charge >= 0.3 is 0 Å². The number of hydrogen-bond acceptors (Lipinski definition) is 3. The Kier molecular flexibility index (Phi) is 4.78. The zero-order valence-corrected chi connectivity index (χ0v) is 10.0. The number of carbonyl (C=O) groups excluding carboxylic acids is 1. The summed E-state index contributed by atoms with van der Waals surface area (Å²) in [5.41, 5.74) is 5.34. The lowest BCUT2D eigenvalue weighted by Gasteiger charge is -2.21. The van der Waals surface area contributed by atoms with Crippen LogP contribution in [0.4, 0.5) is 0 Å². The monoisotopic (exact) mass is 226 g/mol. The molecule has 1 atom stereocenters. The highest BCUT2D eigenvalue weighted by molar-refractivity contribution is 7.10. The molecule has 1 aromatic rings. The van der Waals surface area contributed by atoms with Gasteiger partial charge in [0.2, 0.25) is 5.91 Å². The molecule has 0 bridgehead atoms. The van der Waals surface area contributed by atoms with Gasteiger partial charge in [0, 0.05) is 17.8 Å². The Morgan fingerprint density at radius 2 is 2.33 bits per heavy atom. The fraction of sp³-hybridized carbons (Fsp3) is 0.545. The van der Waals surface area contributed by atoms with E-state index in [1.54, 1.807) is 11.3 Å². The smallest absolute Gasteiger partial charge is 0.221 e. The molecule has 0 radical (unpaired) electrons. The second-order valence-electron chi connectivity index (χ2n) is 3.84. The van der Waals surface area contributed by atoms with Crippen LogP contribution >= 0.6 is 11.3 Å². The van der Waals surface area contributed by atoms with Crippen molar-refractivity contribution in [2.24, 2.45) is 11.7 Å². The van der Waals surface area contributed by atoms with Crippen LogP contribution < -0.4 is 11.1 Å². The van der Waals surface area contributed by atoms with Crippen LogP contribution in [0.5, 0.6) is 0 Å². The SMILES string of the molecule is CC(C)C(NC(=O)CCN)c1cccs1. The van der Waals surface area contributed by atoms with Crippen LogP contribution in [-0.2, 0) is 4.79 Å². The Labute approximate surface area is 94.7 Å². The van der Waals surface area contributed by atoms with E-state index in [9.17, 15) is 4.79 Å². The molecule has 1 aromatic heterocycles. The summed E-state index contributed by atoms with van der Waals surface area (Å²) in [4.78, 5) is 12.7. The molecule has 4 heteroatoms. The standard InChI is InChI=1S/C11H18N2OS/c1-8(2)11(9-4-3-7-15-9)13-10(14)5-6-12/h3-4,7-8,11H,5-6,12H2,1-2H3,(H,13,14). The number of carbonyl (C=O) groups is 1. The van der Waals surface area contributed by atoms with Crippen molar-refractivity contribution in [3.8, 4) is 0 Å². The van der Waals surface area contributed by atoms with Crippen molar-refractivity contribution >= 4 is 17.2 Å². The van der Waals surface area contributed by atoms with Crippen molar-refractivity contribution in [3.63, 3.8) is 0 Å². The maximum absolute atomic E-state index is 11.5. The molecule has 0 fully saturated rings. The number of rotatable bonds is 5. The van der Waals surface area contributed by atoms with Gasteiger partial charge in [0.25, 0.3) is 0 Å². The normalized spacial score (nSPS) is 12.8. The second-order valence-corrected chi connectivity index (χ2v) is 4.82. The molecule has 84 valence electrons. The lowest BCUT2D eigenvalue weighted by molar-refractivity contribution is -0.121. The first-order valence-electron chi connectivity index (χ1n) is 5.18. The summed E-state index contributed by atoms with van der Waals surface area (Å²) in [6.07, 6.45) is 0.397. The van der Waals surface area contributed by atoms with Crippen molar-refractivity contribution in [2.45, 2.75) is 26.3 Å². The van der Waals surface area contributed by atoms with Crippen LogP contribution in [0, 0.1) is 5.92 Å². The van der Waals surface area contributed by atoms with Crippen molar-refractivity contribution < 1.29 is 4.79 Å². The summed E-state index contributed by atoms with van der Waals surface area (Å²) in [5, 5.41) is 5.04. The molecular weight excluding hydrogens is 208 g/mol. The predicted octanol–water partition coefficient (Wildman–Crippen LogP) is 1.91. The minimum atomic E-state index is 0.0320. The quantitative estimate of drug-likeness (QED) is 0.806. The maximum atomic E-state index is 11.5. The van der Waals surface area contributed by atoms with Gasteiger partial charge in [-0.15, -0.1) is 11.3 Å². The largest absolute Gasteiger partial charge is 0.348 e. The van der Waals surface area contributed by atoms with Gasteiger partial charge in [-0.3, -0.25) is 4.79 Å². The van der Waals surface area contributed by atoms with E-state index in [0.29, 0.717) is 18.9 Å². The van der Waals surface area contributed by atoms with E-state index >= 15 is 0 Å². The number of thiophene rings is 1. The summed E-state index contributed by atoms with van der Waals surface area (Å²) < 4.78 is 0. The van der Waals surface area contributed by atoms with Gasteiger partial charge in [0.1, 0.15) is 0 Å². The van der Waals surface area contributed by atoms with Crippen molar-refractivity contribution in [1.82, 2.24) is 5.32 Å². The van der Waals surface area contributed by atoms with Crippen molar-refractivity contribution in [2.75, 3.05) is 6.54 Å². The third kappa shape index (κ3) is 3.64. The third-order valence-corrected chi connectivity index (χ3v) is 3.16. The third-order valence-electron chi connectivity index (χ3n) is 2.20. The maximum Gasteiger partial charge on any atom is 0.221 e. The first kappa shape index (κ1) is 12.2. The van der Waals surface area contributed by atoms with E-state index in [1.807, 2.05) is 11.4 Å². The van der Waals surface area contributed by atoms with E-state index in [-0.39, 0.29) is 11.9 Å². The first-order chi connectivity index (χ1) is 7.15. The van der Waals surface area contributed by atoms with Gasteiger partial charge in [-0.2, -0.15) is 0 Å². The average Bonchev–Trinajstić information content (AvgIpc) is 2.66. The van der Waals surface area contributed by atoms with E-state index < -0.39 is 0 Å². The molecule has 3 nitrogen and oxygen atoms in total. The molecule has 1 unspecified atom stereocenters. The molecule has 0 saturated carbocycles. The number of amides is 1. The Hall–Kier alpha value is -0.870. The van der Waals surface area contributed by atoms with Crippen molar-refractivity contribution in [3.05, 3.63) is 22.4 Å². The molecule has 0 aliphatic heterocycles. The van der Waals surface area contributed by atoms with E-state index in [1.165, 1.54) is 4.88 Å². The van der Waals surface area contributed by atoms with Crippen LogP contribution in [0.15, 0.2) is 17.5 Å². The lowest BCUT2D eigenvalue weighted by atomic mass is 10.0. The molecule has 0 aliphatic carbocycles. The van der Waals surface area contributed by atoms with Gasteiger partial charge in [-0.05, 0) is 17.4 Å². The van der Waals surface area contributed by atoms with Gasteiger partial charge < -0.3 is 11.1 Å². The first-order valence-corrected chi connectivity index (χ1v) is 6.06. The van der Waals surface area contributed by atoms with Crippen LogP contribution in [0.1, 0.15) is 31.2 Å². The van der Waals surface area contributed by atoms with Crippen LogP contribution in [0.3, 0.4) is 0 Å². The number of nitrogens with two attached hydrogens (primary N) is 1. The summed E-state index contributed by atoms with van der Waals surface area (Å²) in [7, 11) is 0. The molecule has 15 heavy (non-hydrogen) atoms. The highest BCUT2D eigenvalue weighted by Crippen LogP contribution is 2.25. The fourth-order valence-corrected chi connectivity index (χ4v) is 2.36. The summed E-state index contributed by atoms with van der Waals surface area (Å²) in [5.74, 6) is 0.426.